The molecule has 0 bridgehead atoms. The summed E-state index contributed by atoms with van der Waals surface area (Å²) in [5.74, 6) is 0. The molecule has 2 N–H and O–H groups in total. The predicted molar refractivity (Wildman–Crippen MR) is 82.3 cm³/mol. The highest BCUT2D eigenvalue weighted by molar-refractivity contribution is 7.86. The van der Waals surface area contributed by atoms with Crippen molar-refractivity contribution in [1.29, 1.82) is 0 Å². The van der Waals surface area contributed by atoms with Crippen LogP contribution in [0.4, 0.5) is 0 Å². The van der Waals surface area contributed by atoms with Crippen molar-refractivity contribution in [3.8, 4) is 0 Å². The molecule has 0 saturated carbocycles. The zero-order valence-electron chi connectivity index (χ0n) is 11.9. The van der Waals surface area contributed by atoms with Crippen molar-refractivity contribution in [2.75, 3.05) is 6.61 Å². The molecule has 0 aliphatic heterocycles. The van der Waals surface area contributed by atoms with Crippen LogP contribution in [0.5, 0.6) is 0 Å². The summed E-state index contributed by atoms with van der Waals surface area (Å²) in [5, 5.41) is 0. The van der Waals surface area contributed by atoms with Gasteiger partial charge in [0, 0.05) is 6.04 Å². The van der Waals surface area contributed by atoms with Crippen LogP contribution in [0.3, 0.4) is 0 Å². The van der Waals surface area contributed by atoms with E-state index in [0.29, 0.717) is 6.42 Å². The first kappa shape index (κ1) is 15.7. The van der Waals surface area contributed by atoms with Crippen LogP contribution in [0, 0.1) is 6.92 Å². The van der Waals surface area contributed by atoms with Gasteiger partial charge in [-0.2, -0.15) is 8.42 Å². The summed E-state index contributed by atoms with van der Waals surface area (Å²) >= 11 is 0. The van der Waals surface area contributed by atoms with Crippen LogP contribution in [-0.2, 0) is 14.3 Å². The minimum Gasteiger partial charge on any atom is -0.324 e. The molecule has 0 fully saturated rings. The fourth-order valence-electron chi connectivity index (χ4n) is 1.92. The molecule has 2 aromatic carbocycles. The maximum absolute atomic E-state index is 12.0. The molecular formula is C16H19NO3S. The topological polar surface area (TPSA) is 69.4 Å². The molecule has 0 aliphatic rings. The second-order valence-corrected chi connectivity index (χ2v) is 6.51. The zero-order chi connectivity index (χ0) is 15.3. The van der Waals surface area contributed by atoms with Crippen LogP contribution in [0.15, 0.2) is 59.5 Å². The van der Waals surface area contributed by atoms with Crippen LogP contribution in [0.1, 0.15) is 23.6 Å². The summed E-state index contributed by atoms with van der Waals surface area (Å²) in [6, 6.07) is 15.9. The third kappa shape index (κ3) is 4.39. The Morgan fingerprint density at radius 2 is 1.67 bits per heavy atom. The fraction of sp³-hybridized carbons (Fsp3) is 0.250. The van der Waals surface area contributed by atoms with Crippen molar-refractivity contribution in [2.24, 2.45) is 5.73 Å². The van der Waals surface area contributed by atoms with Gasteiger partial charge in [0.15, 0.2) is 0 Å². The lowest BCUT2D eigenvalue weighted by Gasteiger charge is -2.12. The first-order chi connectivity index (χ1) is 9.99. The zero-order valence-corrected chi connectivity index (χ0v) is 12.7. The molecule has 1 atom stereocenters. The van der Waals surface area contributed by atoms with E-state index in [1.807, 2.05) is 37.3 Å². The molecule has 0 amide bonds. The van der Waals surface area contributed by atoms with Gasteiger partial charge in [-0.25, -0.2) is 0 Å². The second-order valence-electron chi connectivity index (χ2n) is 4.90. The average Bonchev–Trinajstić information content (AvgIpc) is 2.48. The van der Waals surface area contributed by atoms with Gasteiger partial charge in [-0.3, -0.25) is 4.18 Å². The van der Waals surface area contributed by atoms with Crippen LogP contribution >= 0.6 is 0 Å². The van der Waals surface area contributed by atoms with Crippen LogP contribution in [0.25, 0.3) is 0 Å². The molecule has 0 saturated heterocycles. The first-order valence-electron chi connectivity index (χ1n) is 6.76. The minimum atomic E-state index is -3.71. The Bertz CT molecular complexity index is 666. The molecule has 5 heteroatoms. The normalized spacial score (nSPS) is 13.0. The van der Waals surface area contributed by atoms with E-state index in [1.165, 1.54) is 0 Å². The molecule has 112 valence electrons. The Balaban J connectivity index is 1.92. The monoisotopic (exact) mass is 305 g/mol. The fourth-order valence-corrected chi connectivity index (χ4v) is 2.85. The van der Waals surface area contributed by atoms with Gasteiger partial charge in [0.25, 0.3) is 10.1 Å². The number of rotatable bonds is 6. The SMILES string of the molecule is Cc1ccc(S(=O)(=O)OCC[C@@H](N)c2ccccc2)cc1. The van der Waals surface area contributed by atoms with Gasteiger partial charge in [-0.15, -0.1) is 0 Å². The molecule has 0 unspecified atom stereocenters. The summed E-state index contributed by atoms with van der Waals surface area (Å²) in [7, 11) is -3.71. The number of aryl methyl sites for hydroxylation is 1. The van der Waals surface area contributed by atoms with Gasteiger partial charge >= 0.3 is 0 Å². The highest BCUT2D eigenvalue weighted by Crippen LogP contribution is 2.17. The minimum absolute atomic E-state index is 0.0618. The van der Waals surface area contributed by atoms with E-state index in [2.05, 4.69) is 0 Å². The van der Waals surface area contributed by atoms with E-state index in [1.54, 1.807) is 24.3 Å². The summed E-state index contributed by atoms with van der Waals surface area (Å²) in [4.78, 5) is 0.168. The van der Waals surface area contributed by atoms with Gasteiger partial charge in [-0.1, -0.05) is 48.0 Å². The van der Waals surface area contributed by atoms with Crippen LogP contribution < -0.4 is 5.73 Å². The van der Waals surface area contributed by atoms with Gasteiger partial charge < -0.3 is 5.73 Å². The van der Waals surface area contributed by atoms with Crippen LogP contribution in [-0.4, -0.2) is 15.0 Å². The molecule has 0 aliphatic carbocycles. The summed E-state index contributed by atoms with van der Waals surface area (Å²) in [6.45, 7) is 1.96. The van der Waals surface area contributed by atoms with Crippen molar-refractivity contribution in [3.63, 3.8) is 0 Å². The quantitative estimate of drug-likeness (QED) is 0.833. The largest absolute Gasteiger partial charge is 0.324 e. The lowest BCUT2D eigenvalue weighted by Crippen LogP contribution is -2.15. The molecule has 2 aromatic rings. The van der Waals surface area contributed by atoms with E-state index in [4.69, 9.17) is 9.92 Å². The van der Waals surface area contributed by atoms with E-state index >= 15 is 0 Å². The Kier molecular flexibility index (Phi) is 5.12. The Hall–Kier alpha value is -1.69. The summed E-state index contributed by atoms with van der Waals surface area (Å²) in [5.41, 5.74) is 7.97. The molecular weight excluding hydrogens is 286 g/mol. The van der Waals surface area contributed by atoms with Crippen molar-refractivity contribution >= 4 is 10.1 Å². The average molecular weight is 305 g/mol. The standard InChI is InChI=1S/C16H19NO3S/c1-13-7-9-15(10-8-13)21(18,19)20-12-11-16(17)14-5-3-2-4-6-14/h2-10,16H,11-12,17H2,1H3/t16-/m1/s1. The van der Waals surface area contributed by atoms with E-state index in [-0.39, 0.29) is 17.5 Å². The first-order valence-corrected chi connectivity index (χ1v) is 8.16. The second kappa shape index (κ2) is 6.85. The van der Waals surface area contributed by atoms with Crippen LogP contribution in [0.2, 0.25) is 0 Å². The third-order valence-electron chi connectivity index (χ3n) is 3.20. The lowest BCUT2D eigenvalue weighted by atomic mass is 10.1. The summed E-state index contributed by atoms with van der Waals surface area (Å²) in [6.07, 6.45) is 0.440. The Morgan fingerprint density at radius 3 is 2.29 bits per heavy atom. The van der Waals surface area contributed by atoms with E-state index in [9.17, 15) is 8.42 Å². The predicted octanol–water partition coefficient (Wildman–Crippen LogP) is 2.79. The highest BCUT2D eigenvalue weighted by Gasteiger charge is 2.15. The number of nitrogens with two attached hydrogens (primary N) is 1. The number of benzene rings is 2. The number of hydrogen-bond donors (Lipinski definition) is 1. The van der Waals surface area contributed by atoms with E-state index in [0.717, 1.165) is 11.1 Å². The molecule has 0 radical (unpaired) electrons. The van der Waals surface area contributed by atoms with Crippen molar-refractivity contribution in [1.82, 2.24) is 0 Å². The van der Waals surface area contributed by atoms with Gasteiger partial charge in [0.05, 0.1) is 11.5 Å². The lowest BCUT2D eigenvalue weighted by molar-refractivity contribution is 0.301. The van der Waals surface area contributed by atoms with E-state index < -0.39 is 10.1 Å². The molecule has 0 spiro atoms. The van der Waals surface area contributed by atoms with Crippen molar-refractivity contribution in [3.05, 3.63) is 65.7 Å². The van der Waals surface area contributed by atoms with Gasteiger partial charge in [-0.05, 0) is 31.0 Å². The molecule has 21 heavy (non-hydrogen) atoms. The maximum atomic E-state index is 12.0. The summed E-state index contributed by atoms with van der Waals surface area (Å²) < 4.78 is 29.0. The third-order valence-corrected chi connectivity index (χ3v) is 4.53. The Labute approximate surface area is 125 Å². The molecule has 0 heterocycles. The van der Waals surface area contributed by atoms with Gasteiger partial charge in [0.1, 0.15) is 0 Å². The molecule has 2 rings (SSSR count). The maximum Gasteiger partial charge on any atom is 0.296 e. The highest BCUT2D eigenvalue weighted by atomic mass is 32.2. The molecule has 0 aromatic heterocycles. The van der Waals surface area contributed by atoms with Gasteiger partial charge in [0.2, 0.25) is 0 Å². The van der Waals surface area contributed by atoms with Crippen molar-refractivity contribution < 1.29 is 12.6 Å². The smallest absolute Gasteiger partial charge is 0.296 e. The number of hydrogen-bond acceptors (Lipinski definition) is 4. The van der Waals surface area contributed by atoms with Crippen molar-refractivity contribution in [2.45, 2.75) is 24.3 Å². The molecule has 4 nitrogen and oxygen atoms in total. The Morgan fingerprint density at radius 1 is 1.05 bits per heavy atom.